The van der Waals surface area contributed by atoms with E-state index in [1.807, 2.05) is 6.07 Å². The first-order valence-corrected chi connectivity index (χ1v) is 10.7. The summed E-state index contributed by atoms with van der Waals surface area (Å²) in [4.78, 5) is 16.8. The van der Waals surface area contributed by atoms with Crippen LogP contribution >= 0.6 is 0 Å². The molecule has 0 spiro atoms. The van der Waals surface area contributed by atoms with Crippen LogP contribution in [0.2, 0.25) is 0 Å². The zero-order chi connectivity index (χ0) is 21.0. The zero-order valence-corrected chi connectivity index (χ0v) is 17.3. The van der Waals surface area contributed by atoms with Crippen LogP contribution in [-0.4, -0.2) is 46.5 Å². The van der Waals surface area contributed by atoms with E-state index in [-0.39, 0.29) is 10.8 Å². The molecule has 0 saturated carbocycles. The Balaban J connectivity index is 1.84. The number of carbonyl (C=O) groups is 1. The fourth-order valence-electron chi connectivity index (χ4n) is 2.93. The third-order valence-corrected chi connectivity index (χ3v) is 6.72. The Morgan fingerprint density at radius 3 is 2.59 bits per heavy atom. The molecule has 0 aliphatic carbocycles. The van der Waals surface area contributed by atoms with Crippen molar-refractivity contribution in [1.82, 2.24) is 19.1 Å². The average Bonchev–Trinajstić information content (AvgIpc) is 3.21. The second-order valence-corrected chi connectivity index (χ2v) is 8.31. The minimum Gasteiger partial charge on any atom is -0.322 e. The van der Waals surface area contributed by atoms with Gasteiger partial charge in [0, 0.05) is 31.2 Å². The van der Waals surface area contributed by atoms with Crippen LogP contribution in [0.25, 0.3) is 5.69 Å². The molecule has 0 aliphatic rings. The standard InChI is InChI=1S/C20H23N5O3S/c1-4-24(5-2)29(27,28)19-11-17(9-8-15(19)3)23-20(26)16-12-22-25(14-16)18-7-6-10-21-13-18/h6-14H,4-5H2,1-3H3,(H,23,26). The van der Waals surface area contributed by atoms with Crippen molar-refractivity contribution < 1.29 is 13.2 Å². The van der Waals surface area contributed by atoms with Gasteiger partial charge in [0.2, 0.25) is 10.0 Å². The maximum atomic E-state index is 12.9. The van der Waals surface area contributed by atoms with Crippen LogP contribution in [0, 0.1) is 6.92 Å². The number of benzene rings is 1. The van der Waals surface area contributed by atoms with Crippen molar-refractivity contribution in [3.63, 3.8) is 0 Å². The molecule has 2 aromatic heterocycles. The van der Waals surface area contributed by atoms with Crippen molar-refractivity contribution in [1.29, 1.82) is 0 Å². The first-order valence-electron chi connectivity index (χ1n) is 9.24. The number of hydrogen-bond acceptors (Lipinski definition) is 5. The summed E-state index contributed by atoms with van der Waals surface area (Å²) in [6.45, 7) is 6.08. The van der Waals surface area contributed by atoms with Gasteiger partial charge in [-0.1, -0.05) is 19.9 Å². The maximum Gasteiger partial charge on any atom is 0.258 e. The molecule has 0 aliphatic heterocycles. The number of sulfonamides is 1. The molecule has 1 N–H and O–H groups in total. The van der Waals surface area contributed by atoms with Gasteiger partial charge < -0.3 is 5.32 Å². The van der Waals surface area contributed by atoms with Crippen molar-refractivity contribution in [2.45, 2.75) is 25.7 Å². The molecule has 29 heavy (non-hydrogen) atoms. The lowest BCUT2D eigenvalue weighted by atomic mass is 10.2. The summed E-state index contributed by atoms with van der Waals surface area (Å²) in [7, 11) is -3.63. The summed E-state index contributed by atoms with van der Waals surface area (Å²) in [6.07, 6.45) is 6.33. The first kappa shape index (κ1) is 20.7. The van der Waals surface area contributed by atoms with Gasteiger partial charge in [0.25, 0.3) is 5.91 Å². The number of aryl methyl sites for hydroxylation is 1. The van der Waals surface area contributed by atoms with E-state index in [0.717, 1.165) is 5.69 Å². The average molecular weight is 414 g/mol. The summed E-state index contributed by atoms with van der Waals surface area (Å²) < 4.78 is 28.7. The number of rotatable bonds is 7. The van der Waals surface area contributed by atoms with Gasteiger partial charge in [-0.15, -0.1) is 0 Å². The Morgan fingerprint density at radius 1 is 1.17 bits per heavy atom. The van der Waals surface area contributed by atoms with E-state index in [0.29, 0.717) is 29.9 Å². The molecule has 2 heterocycles. The highest BCUT2D eigenvalue weighted by atomic mass is 32.2. The van der Waals surface area contributed by atoms with Crippen LogP contribution < -0.4 is 5.32 Å². The maximum absolute atomic E-state index is 12.9. The van der Waals surface area contributed by atoms with Crippen LogP contribution in [-0.2, 0) is 10.0 Å². The van der Waals surface area contributed by atoms with Gasteiger partial charge >= 0.3 is 0 Å². The number of carbonyl (C=O) groups excluding carboxylic acids is 1. The highest BCUT2D eigenvalue weighted by Crippen LogP contribution is 2.24. The lowest BCUT2D eigenvalue weighted by molar-refractivity contribution is 0.102. The van der Waals surface area contributed by atoms with Crippen LogP contribution in [0.5, 0.6) is 0 Å². The molecule has 1 amide bonds. The predicted octanol–water partition coefficient (Wildman–Crippen LogP) is 2.86. The number of nitrogens with one attached hydrogen (secondary N) is 1. The lowest BCUT2D eigenvalue weighted by Crippen LogP contribution is -2.31. The molecule has 0 saturated heterocycles. The highest BCUT2D eigenvalue weighted by molar-refractivity contribution is 7.89. The lowest BCUT2D eigenvalue weighted by Gasteiger charge is -2.20. The normalized spacial score (nSPS) is 11.6. The molecule has 152 valence electrons. The summed E-state index contributed by atoms with van der Waals surface area (Å²) in [5.41, 5.74) is 2.11. The van der Waals surface area contributed by atoms with Crippen molar-refractivity contribution in [2.24, 2.45) is 0 Å². The minimum absolute atomic E-state index is 0.185. The molecule has 3 rings (SSSR count). The second kappa shape index (κ2) is 8.54. The predicted molar refractivity (Wildman–Crippen MR) is 111 cm³/mol. The van der Waals surface area contributed by atoms with E-state index in [2.05, 4.69) is 15.4 Å². The molecule has 0 unspecified atom stereocenters. The fourth-order valence-corrected chi connectivity index (χ4v) is 4.64. The topological polar surface area (TPSA) is 97.2 Å². The van der Waals surface area contributed by atoms with Gasteiger partial charge in [0.1, 0.15) is 0 Å². The number of pyridine rings is 1. The molecule has 0 fully saturated rings. The van der Waals surface area contributed by atoms with Gasteiger partial charge in [-0.25, -0.2) is 13.1 Å². The van der Waals surface area contributed by atoms with Gasteiger partial charge in [-0.05, 0) is 36.8 Å². The molecule has 0 bridgehead atoms. The van der Waals surface area contributed by atoms with Crippen molar-refractivity contribution in [3.8, 4) is 5.69 Å². The Morgan fingerprint density at radius 2 is 1.93 bits per heavy atom. The van der Waals surface area contributed by atoms with E-state index >= 15 is 0 Å². The van der Waals surface area contributed by atoms with Crippen molar-refractivity contribution in [3.05, 3.63) is 66.2 Å². The van der Waals surface area contributed by atoms with Crippen LogP contribution in [0.4, 0.5) is 5.69 Å². The molecule has 8 nitrogen and oxygen atoms in total. The number of hydrogen-bond donors (Lipinski definition) is 1. The number of aromatic nitrogens is 3. The summed E-state index contributed by atoms with van der Waals surface area (Å²) >= 11 is 0. The molecule has 3 aromatic rings. The SMILES string of the molecule is CCN(CC)S(=O)(=O)c1cc(NC(=O)c2cnn(-c3cccnc3)c2)ccc1C. The third-order valence-electron chi connectivity index (χ3n) is 4.52. The van der Waals surface area contributed by atoms with Crippen LogP contribution in [0.15, 0.2) is 60.0 Å². The van der Waals surface area contributed by atoms with Crippen molar-refractivity contribution >= 4 is 21.6 Å². The van der Waals surface area contributed by atoms with E-state index in [4.69, 9.17) is 0 Å². The highest BCUT2D eigenvalue weighted by Gasteiger charge is 2.24. The van der Waals surface area contributed by atoms with Gasteiger partial charge in [-0.2, -0.15) is 9.40 Å². The Bertz CT molecular complexity index is 1110. The van der Waals surface area contributed by atoms with Gasteiger partial charge in [-0.3, -0.25) is 9.78 Å². The van der Waals surface area contributed by atoms with E-state index in [1.165, 1.54) is 16.6 Å². The molecule has 9 heteroatoms. The van der Waals surface area contributed by atoms with Crippen molar-refractivity contribution in [2.75, 3.05) is 18.4 Å². The van der Waals surface area contributed by atoms with Crippen LogP contribution in [0.1, 0.15) is 29.8 Å². The van der Waals surface area contributed by atoms with E-state index in [1.54, 1.807) is 62.2 Å². The molecular weight excluding hydrogens is 390 g/mol. The monoisotopic (exact) mass is 413 g/mol. The molecular formula is C20H23N5O3S. The van der Waals surface area contributed by atoms with Gasteiger partial charge in [0.05, 0.1) is 28.5 Å². The molecule has 0 radical (unpaired) electrons. The smallest absolute Gasteiger partial charge is 0.258 e. The minimum atomic E-state index is -3.63. The summed E-state index contributed by atoms with van der Waals surface area (Å²) in [5, 5.41) is 6.93. The number of amides is 1. The fraction of sp³-hybridized carbons (Fsp3) is 0.250. The van der Waals surface area contributed by atoms with Crippen LogP contribution in [0.3, 0.4) is 0 Å². The Labute approximate surface area is 170 Å². The summed E-state index contributed by atoms with van der Waals surface area (Å²) in [6, 6.07) is 8.46. The number of anilines is 1. The van der Waals surface area contributed by atoms with E-state index < -0.39 is 10.0 Å². The molecule has 0 atom stereocenters. The zero-order valence-electron chi connectivity index (χ0n) is 16.5. The summed E-state index contributed by atoms with van der Waals surface area (Å²) in [5.74, 6) is -0.379. The Kier molecular flexibility index (Phi) is 6.09. The third kappa shape index (κ3) is 4.36. The number of nitrogens with zero attached hydrogens (tertiary/aromatic N) is 4. The largest absolute Gasteiger partial charge is 0.322 e. The van der Waals surface area contributed by atoms with E-state index in [9.17, 15) is 13.2 Å². The Hall–Kier alpha value is -3.04. The van der Waals surface area contributed by atoms with Gasteiger partial charge in [0.15, 0.2) is 0 Å². The first-order chi connectivity index (χ1) is 13.9. The second-order valence-electron chi connectivity index (χ2n) is 6.41. The molecule has 1 aromatic carbocycles. The quantitative estimate of drug-likeness (QED) is 0.642.